The Morgan fingerprint density at radius 2 is 1.52 bits per heavy atom. The summed E-state index contributed by atoms with van der Waals surface area (Å²) >= 11 is 0. The first-order valence-corrected chi connectivity index (χ1v) is 9.27. The Morgan fingerprint density at radius 3 is 1.96 bits per heavy atom. The van der Waals surface area contributed by atoms with Gasteiger partial charge in [0.05, 0.1) is 14.7 Å². The number of carbonyl (C=O) groups excluding carboxylic acids is 1. The molecule has 0 heterocycles. The maximum absolute atomic E-state index is 12.6. The smallest absolute Gasteiger partial charge is 0.269 e. The molecule has 0 aliphatic heterocycles. The lowest BCUT2D eigenvalue weighted by Gasteiger charge is -2.24. The van der Waals surface area contributed by atoms with Crippen LogP contribution >= 0.6 is 0 Å². The number of non-ortho nitro benzene ring substituents is 1. The van der Waals surface area contributed by atoms with Gasteiger partial charge in [-0.15, -0.1) is 0 Å². The van der Waals surface area contributed by atoms with Crippen LogP contribution in [0, 0.1) is 16.0 Å². The highest BCUT2D eigenvalue weighted by molar-refractivity contribution is 7.91. The first-order chi connectivity index (χ1) is 11.9. The maximum Gasteiger partial charge on any atom is 0.269 e. The lowest BCUT2D eigenvalue weighted by atomic mass is 9.85. The van der Waals surface area contributed by atoms with Crippen LogP contribution in [0.1, 0.15) is 19.3 Å². The predicted octanol–water partition coefficient (Wildman–Crippen LogP) is 3.17. The van der Waals surface area contributed by atoms with Crippen molar-refractivity contribution < 1.29 is 18.1 Å². The molecular formula is C17H16N2O5S. The Balaban J connectivity index is 1.77. The average Bonchev–Trinajstić information content (AvgIpc) is 2.53. The van der Waals surface area contributed by atoms with E-state index in [4.69, 9.17) is 0 Å². The number of amides is 1. The molecule has 130 valence electrons. The summed E-state index contributed by atoms with van der Waals surface area (Å²) in [6.07, 6.45) is 2.83. The molecule has 0 unspecified atom stereocenters. The molecule has 1 fully saturated rings. The number of hydrogen-bond acceptors (Lipinski definition) is 5. The molecule has 1 N–H and O–H groups in total. The van der Waals surface area contributed by atoms with E-state index < -0.39 is 14.8 Å². The summed E-state index contributed by atoms with van der Waals surface area (Å²) in [5.41, 5.74) is 0.368. The van der Waals surface area contributed by atoms with Gasteiger partial charge in [0, 0.05) is 23.7 Å². The highest BCUT2D eigenvalue weighted by Gasteiger charge is 2.25. The third-order valence-corrected chi connectivity index (χ3v) is 6.05. The molecule has 1 amide bonds. The number of nitro benzene ring substituents is 1. The van der Waals surface area contributed by atoms with Gasteiger partial charge in [-0.05, 0) is 49.2 Å². The van der Waals surface area contributed by atoms with Gasteiger partial charge >= 0.3 is 0 Å². The zero-order valence-electron chi connectivity index (χ0n) is 13.2. The number of nitrogens with one attached hydrogen (secondary N) is 1. The van der Waals surface area contributed by atoms with Gasteiger partial charge < -0.3 is 5.32 Å². The summed E-state index contributed by atoms with van der Waals surface area (Å²) in [5, 5.41) is 13.4. The second-order valence-electron chi connectivity index (χ2n) is 5.90. The Kier molecular flexibility index (Phi) is 4.54. The fourth-order valence-corrected chi connectivity index (χ4v) is 3.78. The number of rotatable bonds is 5. The number of carbonyl (C=O) groups is 1. The van der Waals surface area contributed by atoms with E-state index in [1.165, 1.54) is 36.4 Å². The highest BCUT2D eigenvalue weighted by atomic mass is 32.2. The molecule has 0 atom stereocenters. The minimum atomic E-state index is -3.77. The SMILES string of the molecule is O=C(Nc1ccc(S(=O)(=O)c2ccc([N+](=O)[O-])cc2)cc1)C1CCC1. The van der Waals surface area contributed by atoms with E-state index in [1.807, 2.05) is 0 Å². The molecule has 1 aliphatic carbocycles. The summed E-state index contributed by atoms with van der Waals surface area (Å²) in [6, 6.07) is 10.6. The summed E-state index contributed by atoms with van der Waals surface area (Å²) in [7, 11) is -3.77. The fourth-order valence-electron chi connectivity index (χ4n) is 2.52. The zero-order valence-corrected chi connectivity index (χ0v) is 14.0. The fraction of sp³-hybridized carbons (Fsp3) is 0.235. The van der Waals surface area contributed by atoms with Crippen molar-refractivity contribution in [1.29, 1.82) is 0 Å². The number of nitro groups is 1. The van der Waals surface area contributed by atoms with Crippen LogP contribution in [0.3, 0.4) is 0 Å². The normalized spacial score (nSPS) is 14.6. The van der Waals surface area contributed by atoms with Gasteiger partial charge in [0.2, 0.25) is 15.7 Å². The van der Waals surface area contributed by atoms with E-state index in [0.29, 0.717) is 5.69 Å². The van der Waals surface area contributed by atoms with E-state index in [-0.39, 0.29) is 27.3 Å². The first-order valence-electron chi connectivity index (χ1n) is 7.78. The summed E-state index contributed by atoms with van der Waals surface area (Å²) in [5.74, 6) is 0.000689. The molecule has 2 aromatic rings. The molecule has 1 saturated carbocycles. The van der Waals surface area contributed by atoms with Crippen molar-refractivity contribution in [2.24, 2.45) is 5.92 Å². The summed E-state index contributed by atoms with van der Waals surface area (Å²) in [4.78, 5) is 22.0. The van der Waals surface area contributed by atoms with E-state index in [0.717, 1.165) is 31.4 Å². The van der Waals surface area contributed by atoms with Gasteiger partial charge in [0.15, 0.2) is 0 Å². The van der Waals surface area contributed by atoms with E-state index in [9.17, 15) is 23.3 Å². The second-order valence-corrected chi connectivity index (χ2v) is 7.85. The van der Waals surface area contributed by atoms with E-state index in [1.54, 1.807) is 0 Å². The second kappa shape index (κ2) is 6.64. The molecule has 0 aromatic heterocycles. The van der Waals surface area contributed by atoms with Gasteiger partial charge in [-0.1, -0.05) is 6.42 Å². The largest absolute Gasteiger partial charge is 0.326 e. The summed E-state index contributed by atoms with van der Waals surface area (Å²) < 4.78 is 25.1. The van der Waals surface area contributed by atoms with Gasteiger partial charge in [0.1, 0.15) is 0 Å². The van der Waals surface area contributed by atoms with Crippen LogP contribution in [0.15, 0.2) is 58.3 Å². The molecule has 8 heteroatoms. The molecule has 3 rings (SSSR count). The quantitative estimate of drug-likeness (QED) is 0.651. The van der Waals surface area contributed by atoms with E-state index in [2.05, 4.69) is 5.32 Å². The van der Waals surface area contributed by atoms with Gasteiger partial charge in [-0.2, -0.15) is 0 Å². The molecule has 25 heavy (non-hydrogen) atoms. The molecule has 1 aliphatic rings. The third-order valence-electron chi connectivity index (χ3n) is 4.27. The van der Waals surface area contributed by atoms with Gasteiger partial charge in [-0.25, -0.2) is 8.42 Å². The monoisotopic (exact) mass is 360 g/mol. The third kappa shape index (κ3) is 3.53. The molecular weight excluding hydrogens is 344 g/mol. The van der Waals surface area contributed by atoms with Gasteiger partial charge in [0.25, 0.3) is 5.69 Å². The molecule has 0 radical (unpaired) electrons. The van der Waals surface area contributed by atoms with Crippen LogP contribution in [0.4, 0.5) is 11.4 Å². The van der Waals surface area contributed by atoms with Crippen LogP contribution in [0.2, 0.25) is 0 Å². The molecule has 2 aromatic carbocycles. The molecule has 0 saturated heterocycles. The Morgan fingerprint density at radius 1 is 1.00 bits per heavy atom. The van der Waals surface area contributed by atoms with Crippen LogP contribution in [0.25, 0.3) is 0 Å². The average molecular weight is 360 g/mol. The van der Waals surface area contributed by atoms with Crippen LogP contribution in [-0.4, -0.2) is 19.2 Å². The van der Waals surface area contributed by atoms with Crippen LogP contribution < -0.4 is 5.32 Å². The topological polar surface area (TPSA) is 106 Å². The van der Waals surface area contributed by atoms with Crippen molar-refractivity contribution in [2.75, 3.05) is 5.32 Å². The Bertz CT molecular complexity index is 901. The van der Waals surface area contributed by atoms with Gasteiger partial charge in [-0.3, -0.25) is 14.9 Å². The minimum absolute atomic E-state index is 0.0237. The number of anilines is 1. The molecule has 0 bridgehead atoms. The first kappa shape index (κ1) is 17.1. The van der Waals surface area contributed by atoms with Crippen molar-refractivity contribution in [2.45, 2.75) is 29.1 Å². The standard InChI is InChI=1S/C17H16N2O5S/c20-17(12-2-1-3-12)18-13-4-8-15(9-5-13)25(23,24)16-10-6-14(7-11-16)19(21)22/h4-12H,1-3H2,(H,18,20). The predicted molar refractivity (Wildman–Crippen MR) is 91.0 cm³/mol. The lowest BCUT2D eigenvalue weighted by Crippen LogP contribution is -2.27. The van der Waals surface area contributed by atoms with E-state index >= 15 is 0 Å². The van der Waals surface area contributed by atoms with Crippen LogP contribution in [0.5, 0.6) is 0 Å². The van der Waals surface area contributed by atoms with Crippen LogP contribution in [-0.2, 0) is 14.6 Å². The number of nitrogens with zero attached hydrogens (tertiary/aromatic N) is 1. The number of hydrogen-bond donors (Lipinski definition) is 1. The maximum atomic E-state index is 12.6. The van der Waals surface area contributed by atoms with Crippen molar-refractivity contribution >= 4 is 27.1 Å². The lowest BCUT2D eigenvalue weighted by molar-refractivity contribution is -0.384. The minimum Gasteiger partial charge on any atom is -0.326 e. The Labute approximate surface area is 144 Å². The molecule has 0 spiro atoms. The Hall–Kier alpha value is -2.74. The van der Waals surface area contributed by atoms with Crippen molar-refractivity contribution in [3.63, 3.8) is 0 Å². The van der Waals surface area contributed by atoms with Crippen molar-refractivity contribution in [3.05, 3.63) is 58.6 Å². The molecule has 7 nitrogen and oxygen atoms in total. The number of sulfone groups is 1. The highest BCUT2D eigenvalue weighted by Crippen LogP contribution is 2.28. The number of benzene rings is 2. The van der Waals surface area contributed by atoms with Crippen molar-refractivity contribution in [1.82, 2.24) is 0 Å². The van der Waals surface area contributed by atoms with Crippen molar-refractivity contribution in [3.8, 4) is 0 Å². The zero-order chi connectivity index (χ0) is 18.0. The summed E-state index contributed by atoms with van der Waals surface area (Å²) in [6.45, 7) is 0.